The monoisotopic (exact) mass is 309 g/mol. The van der Waals surface area contributed by atoms with Crippen LogP contribution in [0.25, 0.3) is 0 Å². The molecule has 0 radical (unpaired) electrons. The normalized spacial score (nSPS) is 26.5. The highest BCUT2D eigenvalue weighted by molar-refractivity contribution is 5.87. The molecule has 0 aromatic carbocycles. The van der Waals surface area contributed by atoms with Gasteiger partial charge in [0.2, 0.25) is 5.91 Å². The Hall–Kier alpha value is -1.62. The number of ether oxygens (including phenoxy) is 2. The van der Waals surface area contributed by atoms with Crippen LogP contribution in [0, 0.1) is 0 Å². The minimum Gasteiger partial charge on any atom is -0.459 e. The van der Waals surface area contributed by atoms with Gasteiger partial charge in [-0.25, -0.2) is 0 Å². The SMILES string of the molecule is C=CC[C@H]1CC[C@@H](N(C)C(=O)/C=C\[C@H](C)OC(C)=O)[C@@H](C)O1. The quantitative estimate of drug-likeness (QED) is 0.430. The van der Waals surface area contributed by atoms with Gasteiger partial charge in [-0.15, -0.1) is 6.58 Å². The van der Waals surface area contributed by atoms with Gasteiger partial charge >= 0.3 is 5.97 Å². The predicted octanol–water partition coefficient (Wildman–Crippen LogP) is 2.46. The minimum absolute atomic E-state index is 0.00746. The van der Waals surface area contributed by atoms with Crippen LogP contribution in [0.3, 0.4) is 0 Å². The molecule has 0 aromatic heterocycles. The molecule has 1 heterocycles. The van der Waals surface area contributed by atoms with Crippen LogP contribution in [0.2, 0.25) is 0 Å². The van der Waals surface area contributed by atoms with Gasteiger partial charge in [-0.3, -0.25) is 9.59 Å². The lowest BCUT2D eigenvalue weighted by Gasteiger charge is -2.39. The molecule has 1 aliphatic heterocycles. The number of likely N-dealkylation sites (N-methyl/N-ethyl adjacent to an activating group) is 1. The molecule has 124 valence electrons. The molecular weight excluding hydrogens is 282 g/mol. The molecule has 0 aromatic rings. The second-order valence-corrected chi connectivity index (χ2v) is 5.76. The summed E-state index contributed by atoms with van der Waals surface area (Å²) in [5, 5.41) is 0. The molecule has 4 atom stereocenters. The second-order valence-electron chi connectivity index (χ2n) is 5.76. The maximum atomic E-state index is 12.2. The maximum Gasteiger partial charge on any atom is 0.303 e. The van der Waals surface area contributed by atoms with Crippen molar-refractivity contribution in [2.24, 2.45) is 0 Å². The third-order valence-corrected chi connectivity index (χ3v) is 3.87. The molecule has 1 fully saturated rings. The summed E-state index contributed by atoms with van der Waals surface area (Å²) in [5.41, 5.74) is 0. The van der Waals surface area contributed by atoms with E-state index in [-0.39, 0.29) is 30.1 Å². The van der Waals surface area contributed by atoms with E-state index in [1.54, 1.807) is 24.9 Å². The van der Waals surface area contributed by atoms with Gasteiger partial charge in [-0.2, -0.15) is 0 Å². The van der Waals surface area contributed by atoms with Crippen molar-refractivity contribution < 1.29 is 19.1 Å². The first-order chi connectivity index (χ1) is 10.3. The summed E-state index contributed by atoms with van der Waals surface area (Å²) in [6, 6.07) is 0.0576. The van der Waals surface area contributed by atoms with Crippen molar-refractivity contribution in [1.29, 1.82) is 0 Å². The highest BCUT2D eigenvalue weighted by Gasteiger charge is 2.31. The maximum absolute atomic E-state index is 12.2. The molecule has 5 heteroatoms. The Morgan fingerprint density at radius 2 is 2.14 bits per heavy atom. The van der Waals surface area contributed by atoms with E-state index in [2.05, 4.69) is 6.58 Å². The zero-order valence-electron chi connectivity index (χ0n) is 14.0. The summed E-state index contributed by atoms with van der Waals surface area (Å²) < 4.78 is 10.9. The summed E-state index contributed by atoms with van der Waals surface area (Å²) >= 11 is 0. The standard InChI is InChI=1S/C17H27NO4/c1-6-7-15-9-10-16(13(3)22-15)18(5)17(20)11-8-12(2)21-14(4)19/h6,8,11-13,15-16H,1,7,9-10H2,2-5H3/b11-8-/t12-,13+,15-,16+/m0/s1. The number of amides is 1. The Kier molecular flexibility index (Phi) is 7.32. The first-order valence-corrected chi connectivity index (χ1v) is 7.73. The van der Waals surface area contributed by atoms with Gasteiger partial charge in [0.05, 0.1) is 18.2 Å². The summed E-state index contributed by atoms with van der Waals surface area (Å²) in [7, 11) is 1.78. The zero-order valence-corrected chi connectivity index (χ0v) is 14.0. The minimum atomic E-state index is -0.410. The van der Waals surface area contributed by atoms with E-state index in [1.165, 1.54) is 13.0 Å². The molecule has 0 saturated carbocycles. The topological polar surface area (TPSA) is 55.8 Å². The van der Waals surface area contributed by atoms with E-state index in [9.17, 15) is 9.59 Å². The molecule has 0 aliphatic carbocycles. The summed E-state index contributed by atoms with van der Waals surface area (Å²) in [6.07, 6.45) is 7.37. The molecule has 1 rings (SSSR count). The molecule has 1 aliphatic rings. The first-order valence-electron chi connectivity index (χ1n) is 7.73. The van der Waals surface area contributed by atoms with E-state index in [0.29, 0.717) is 0 Å². The van der Waals surface area contributed by atoms with Crippen molar-refractivity contribution in [3.8, 4) is 0 Å². The Morgan fingerprint density at radius 1 is 1.45 bits per heavy atom. The van der Waals surface area contributed by atoms with Crippen LogP contribution in [-0.2, 0) is 19.1 Å². The number of hydrogen-bond donors (Lipinski definition) is 0. The summed E-state index contributed by atoms with van der Waals surface area (Å²) in [4.78, 5) is 24.7. The van der Waals surface area contributed by atoms with E-state index in [1.807, 2.05) is 13.0 Å². The average Bonchev–Trinajstić information content (AvgIpc) is 2.44. The number of carbonyl (C=O) groups excluding carboxylic acids is 2. The van der Waals surface area contributed by atoms with Crippen LogP contribution in [0.5, 0.6) is 0 Å². The fourth-order valence-corrected chi connectivity index (χ4v) is 2.72. The van der Waals surface area contributed by atoms with Gasteiger partial charge in [0, 0.05) is 20.0 Å². The lowest BCUT2D eigenvalue weighted by atomic mass is 9.96. The fraction of sp³-hybridized carbons (Fsp3) is 0.647. The fourth-order valence-electron chi connectivity index (χ4n) is 2.72. The Balaban J connectivity index is 2.54. The van der Waals surface area contributed by atoms with Crippen molar-refractivity contribution >= 4 is 11.9 Å². The van der Waals surface area contributed by atoms with Gasteiger partial charge in [-0.1, -0.05) is 6.08 Å². The van der Waals surface area contributed by atoms with Crippen LogP contribution in [0.1, 0.15) is 40.0 Å². The summed E-state index contributed by atoms with van der Waals surface area (Å²) in [5.74, 6) is -0.470. The molecule has 0 spiro atoms. The Morgan fingerprint density at radius 3 is 2.68 bits per heavy atom. The van der Waals surface area contributed by atoms with E-state index >= 15 is 0 Å². The van der Waals surface area contributed by atoms with Crippen molar-refractivity contribution in [3.63, 3.8) is 0 Å². The number of hydrogen-bond acceptors (Lipinski definition) is 4. The van der Waals surface area contributed by atoms with Crippen LogP contribution in [-0.4, -0.2) is 48.2 Å². The van der Waals surface area contributed by atoms with Crippen molar-refractivity contribution in [2.75, 3.05) is 7.05 Å². The highest BCUT2D eigenvalue weighted by Crippen LogP contribution is 2.25. The molecule has 0 bridgehead atoms. The molecule has 0 unspecified atom stereocenters. The van der Waals surface area contributed by atoms with Crippen molar-refractivity contribution in [1.82, 2.24) is 4.90 Å². The first kappa shape index (κ1) is 18.4. The van der Waals surface area contributed by atoms with Gasteiger partial charge in [0.25, 0.3) is 0 Å². The van der Waals surface area contributed by atoms with E-state index in [0.717, 1.165) is 19.3 Å². The average molecular weight is 309 g/mol. The molecule has 0 N–H and O–H groups in total. The van der Waals surface area contributed by atoms with Gasteiger partial charge in [-0.05, 0) is 39.2 Å². The van der Waals surface area contributed by atoms with Crippen LogP contribution in [0.4, 0.5) is 0 Å². The molecule has 1 saturated heterocycles. The molecular formula is C17H27NO4. The smallest absolute Gasteiger partial charge is 0.303 e. The molecule has 22 heavy (non-hydrogen) atoms. The van der Waals surface area contributed by atoms with Gasteiger partial charge < -0.3 is 14.4 Å². The lowest BCUT2D eigenvalue weighted by molar-refractivity contribution is -0.143. The van der Waals surface area contributed by atoms with Crippen LogP contribution >= 0.6 is 0 Å². The zero-order chi connectivity index (χ0) is 16.7. The number of nitrogens with zero attached hydrogens (tertiary/aromatic N) is 1. The van der Waals surface area contributed by atoms with E-state index < -0.39 is 6.10 Å². The van der Waals surface area contributed by atoms with E-state index in [4.69, 9.17) is 9.47 Å². The largest absolute Gasteiger partial charge is 0.459 e. The Bertz CT molecular complexity index is 432. The molecule has 5 nitrogen and oxygen atoms in total. The van der Waals surface area contributed by atoms with Crippen molar-refractivity contribution in [2.45, 2.75) is 64.4 Å². The van der Waals surface area contributed by atoms with Crippen molar-refractivity contribution in [3.05, 3.63) is 24.8 Å². The van der Waals surface area contributed by atoms with Crippen LogP contribution in [0.15, 0.2) is 24.8 Å². The predicted molar refractivity (Wildman–Crippen MR) is 85.3 cm³/mol. The van der Waals surface area contributed by atoms with Crippen LogP contribution < -0.4 is 0 Å². The third-order valence-electron chi connectivity index (χ3n) is 3.87. The summed E-state index contributed by atoms with van der Waals surface area (Å²) in [6.45, 7) is 8.79. The molecule has 1 amide bonds. The number of esters is 1. The number of carbonyl (C=O) groups is 2. The third kappa shape index (κ3) is 5.64. The lowest BCUT2D eigenvalue weighted by Crippen LogP contribution is -2.48. The highest BCUT2D eigenvalue weighted by atomic mass is 16.5. The Labute approximate surface area is 133 Å². The van der Waals surface area contributed by atoms with Gasteiger partial charge in [0.1, 0.15) is 6.10 Å². The van der Waals surface area contributed by atoms with Gasteiger partial charge in [0.15, 0.2) is 0 Å². The number of rotatable bonds is 6. The second kappa shape index (κ2) is 8.73.